The van der Waals surface area contributed by atoms with Gasteiger partial charge in [0.1, 0.15) is 0 Å². The lowest BCUT2D eigenvalue weighted by molar-refractivity contribution is -0.637. The molecule has 4 N–H and O–H groups in total. The molecule has 0 aliphatic heterocycles. The smallest absolute Gasteiger partial charge is 0.355 e. The number of aryl methyl sites for hydroxylation is 1. The molecule has 23 heavy (non-hydrogen) atoms. The van der Waals surface area contributed by atoms with Gasteiger partial charge in [-0.1, -0.05) is 42.0 Å². The van der Waals surface area contributed by atoms with Crippen molar-refractivity contribution in [2.45, 2.75) is 11.8 Å². The number of hydrogen-bond donors (Lipinski definition) is 2. The Labute approximate surface area is 135 Å². The largest absolute Gasteiger partial charge is 0.483 e. The first kappa shape index (κ1) is 15.6. The molecular formula is C17H17N2O3S+2. The molecule has 0 aromatic heterocycles. The topological polar surface area (TPSA) is 85.9 Å². The fraction of sp³-hybridized carbons (Fsp3) is 0.0588. The van der Waals surface area contributed by atoms with E-state index in [0.717, 1.165) is 16.6 Å². The van der Waals surface area contributed by atoms with Gasteiger partial charge in [0.2, 0.25) is 4.90 Å². The zero-order valence-corrected chi connectivity index (χ0v) is 13.4. The van der Waals surface area contributed by atoms with Crippen LogP contribution in [0.15, 0.2) is 65.6 Å². The Balaban J connectivity index is 2.17. The molecule has 1 atom stereocenters. The van der Waals surface area contributed by atoms with Crippen molar-refractivity contribution in [2.24, 2.45) is 0 Å². The predicted molar refractivity (Wildman–Crippen MR) is 89.4 cm³/mol. The molecule has 0 bridgehead atoms. The Morgan fingerprint density at radius 2 is 1.65 bits per heavy atom. The summed E-state index contributed by atoms with van der Waals surface area (Å²) < 4.78 is 28.8. The second-order valence-corrected chi connectivity index (χ2v) is 6.81. The Morgan fingerprint density at radius 3 is 2.30 bits per heavy atom. The molecule has 0 saturated heterocycles. The maximum absolute atomic E-state index is 12.2. The van der Waals surface area contributed by atoms with E-state index in [-0.39, 0.29) is 4.90 Å². The molecular weight excluding hydrogens is 312 g/mol. The number of fused-ring (bicyclic) bond motifs is 1. The zero-order chi connectivity index (χ0) is 16.4. The van der Waals surface area contributed by atoms with Gasteiger partial charge in [-0.15, -0.1) is 0 Å². The SMILES string of the molecule is Cc1ccc(Nc2cccc3cccc([S+]([O])(=O)O[NH3+])c23)cc1. The lowest BCUT2D eigenvalue weighted by Crippen LogP contribution is -2.52. The van der Waals surface area contributed by atoms with Crippen LogP contribution in [0.4, 0.5) is 11.4 Å². The second kappa shape index (κ2) is 6.10. The number of benzene rings is 3. The van der Waals surface area contributed by atoms with Gasteiger partial charge in [-0.2, -0.15) is 5.90 Å². The zero-order valence-electron chi connectivity index (χ0n) is 12.6. The lowest BCUT2D eigenvalue weighted by atomic mass is 10.1. The van der Waals surface area contributed by atoms with Crippen molar-refractivity contribution >= 4 is 32.6 Å². The summed E-state index contributed by atoms with van der Waals surface area (Å²) >= 11 is 0. The summed E-state index contributed by atoms with van der Waals surface area (Å²) in [5.41, 5.74) is 2.73. The molecule has 6 heteroatoms. The maximum Gasteiger partial charge on any atom is 0.483 e. The molecule has 1 unspecified atom stereocenters. The Morgan fingerprint density at radius 1 is 1.00 bits per heavy atom. The molecule has 3 rings (SSSR count). The van der Waals surface area contributed by atoms with Crippen molar-refractivity contribution in [1.29, 1.82) is 0 Å². The summed E-state index contributed by atoms with van der Waals surface area (Å²) in [5.74, 6) is 3.06. The quantitative estimate of drug-likeness (QED) is 0.569. The van der Waals surface area contributed by atoms with Crippen molar-refractivity contribution in [3.05, 3.63) is 66.2 Å². The third kappa shape index (κ3) is 3.11. The van der Waals surface area contributed by atoms with E-state index in [4.69, 9.17) is 0 Å². The first-order chi connectivity index (χ1) is 11.0. The van der Waals surface area contributed by atoms with Crippen molar-refractivity contribution in [3.8, 4) is 0 Å². The average molecular weight is 329 g/mol. The highest BCUT2D eigenvalue weighted by atomic mass is 32.3. The molecule has 0 heterocycles. The highest BCUT2D eigenvalue weighted by Gasteiger charge is 2.39. The third-order valence-corrected chi connectivity index (χ3v) is 4.81. The van der Waals surface area contributed by atoms with E-state index in [1.54, 1.807) is 6.07 Å². The number of rotatable bonds is 4. The molecule has 3 aromatic rings. The van der Waals surface area contributed by atoms with Crippen LogP contribution in [0.1, 0.15) is 5.56 Å². The Hall–Kier alpha value is -2.25. The predicted octanol–water partition coefficient (Wildman–Crippen LogP) is 3.18. The summed E-state index contributed by atoms with van der Waals surface area (Å²) in [6.45, 7) is 2.01. The normalized spacial score (nSPS) is 13.7. The van der Waals surface area contributed by atoms with Crippen LogP contribution in [0.5, 0.6) is 0 Å². The molecule has 0 amide bonds. The van der Waals surface area contributed by atoms with Gasteiger partial charge in [-0.05, 0) is 34.7 Å². The Bertz CT molecular complexity index is 889. The van der Waals surface area contributed by atoms with Crippen LogP contribution in [-0.2, 0) is 23.5 Å². The summed E-state index contributed by atoms with van der Waals surface area (Å²) in [6.07, 6.45) is 0. The van der Waals surface area contributed by atoms with E-state index in [2.05, 4.69) is 15.5 Å². The summed E-state index contributed by atoms with van der Waals surface area (Å²) in [4.78, 5) is 0.0974. The minimum atomic E-state index is -3.90. The summed E-state index contributed by atoms with van der Waals surface area (Å²) in [6, 6.07) is 18.5. The monoisotopic (exact) mass is 329 g/mol. The van der Waals surface area contributed by atoms with Crippen LogP contribution >= 0.6 is 0 Å². The highest BCUT2D eigenvalue weighted by molar-refractivity contribution is 7.93. The molecule has 117 valence electrons. The number of nitrogens with one attached hydrogen (secondary N) is 1. The van der Waals surface area contributed by atoms with Crippen LogP contribution in [-0.4, -0.2) is 0 Å². The van der Waals surface area contributed by atoms with E-state index in [0.29, 0.717) is 11.1 Å². The fourth-order valence-electron chi connectivity index (χ4n) is 2.47. The van der Waals surface area contributed by atoms with E-state index in [9.17, 15) is 8.76 Å². The van der Waals surface area contributed by atoms with Crippen molar-refractivity contribution in [3.63, 3.8) is 0 Å². The molecule has 0 aliphatic rings. The summed E-state index contributed by atoms with van der Waals surface area (Å²) in [5, 5.41) is 4.66. The maximum atomic E-state index is 12.2. The molecule has 3 aromatic carbocycles. The first-order valence-electron chi connectivity index (χ1n) is 7.05. The molecule has 1 radical (unpaired) electrons. The minimum absolute atomic E-state index is 0.0974. The van der Waals surface area contributed by atoms with Crippen LogP contribution in [0.25, 0.3) is 10.8 Å². The fourth-order valence-corrected chi connectivity index (χ4v) is 3.32. The van der Waals surface area contributed by atoms with Gasteiger partial charge >= 0.3 is 10.5 Å². The van der Waals surface area contributed by atoms with Crippen LogP contribution in [0.2, 0.25) is 0 Å². The van der Waals surface area contributed by atoms with Crippen LogP contribution in [0.3, 0.4) is 0 Å². The van der Waals surface area contributed by atoms with Crippen LogP contribution in [0, 0.1) is 6.92 Å². The highest BCUT2D eigenvalue weighted by Crippen LogP contribution is 2.34. The summed E-state index contributed by atoms with van der Waals surface area (Å²) in [7, 11) is -3.90. The first-order valence-corrected chi connectivity index (χ1v) is 8.46. The molecule has 0 aliphatic carbocycles. The van der Waals surface area contributed by atoms with Crippen molar-refractivity contribution in [2.75, 3.05) is 5.32 Å². The number of hydrogen-bond acceptors (Lipinski definition) is 3. The van der Waals surface area contributed by atoms with Gasteiger partial charge in [-0.25, -0.2) is 0 Å². The van der Waals surface area contributed by atoms with Crippen LogP contribution < -0.4 is 11.2 Å². The van der Waals surface area contributed by atoms with E-state index < -0.39 is 10.5 Å². The number of anilines is 2. The standard InChI is InChI=1S/C17H17N2O3S/c1-12-8-10-14(11-9-12)19-15-6-2-4-13-5-3-7-16(17(13)15)23(20,21)22-18/h2-11,19H,1,18H3/q+2. The van der Waals surface area contributed by atoms with Gasteiger partial charge in [0.25, 0.3) is 0 Å². The average Bonchev–Trinajstić information content (AvgIpc) is 2.56. The van der Waals surface area contributed by atoms with E-state index in [1.807, 2.05) is 55.5 Å². The van der Waals surface area contributed by atoms with Gasteiger partial charge in [-0.3, -0.25) is 0 Å². The van der Waals surface area contributed by atoms with Crippen molar-refractivity contribution < 1.29 is 18.9 Å². The number of quaternary nitrogens is 1. The van der Waals surface area contributed by atoms with Gasteiger partial charge in [0, 0.05) is 11.8 Å². The third-order valence-electron chi connectivity index (χ3n) is 3.62. The van der Waals surface area contributed by atoms with E-state index >= 15 is 0 Å². The second-order valence-electron chi connectivity index (χ2n) is 5.22. The molecule has 5 nitrogen and oxygen atoms in total. The molecule has 0 spiro atoms. The van der Waals surface area contributed by atoms with Gasteiger partial charge in [0.05, 0.1) is 19.9 Å². The van der Waals surface area contributed by atoms with Crippen molar-refractivity contribution in [1.82, 2.24) is 0 Å². The molecule has 0 fully saturated rings. The van der Waals surface area contributed by atoms with E-state index in [1.165, 1.54) is 6.07 Å². The Kier molecular flexibility index (Phi) is 4.14. The minimum Gasteiger partial charge on any atom is -0.355 e. The molecule has 0 saturated carbocycles. The van der Waals surface area contributed by atoms with Gasteiger partial charge < -0.3 is 5.32 Å². The van der Waals surface area contributed by atoms with Gasteiger partial charge in [0.15, 0.2) is 0 Å². The lowest BCUT2D eigenvalue weighted by Gasteiger charge is -2.11.